The summed E-state index contributed by atoms with van der Waals surface area (Å²) in [5.74, 6) is 0.562. The Hall–Kier alpha value is -1.91. The smallest absolute Gasteiger partial charge is 0.124 e. The molecule has 4 nitrogen and oxygen atoms in total. The predicted molar refractivity (Wildman–Crippen MR) is 91.7 cm³/mol. The van der Waals surface area contributed by atoms with E-state index in [1.807, 2.05) is 18.2 Å². The van der Waals surface area contributed by atoms with Gasteiger partial charge in [0.2, 0.25) is 0 Å². The van der Waals surface area contributed by atoms with Gasteiger partial charge in [-0.3, -0.25) is 0 Å². The van der Waals surface area contributed by atoms with Crippen molar-refractivity contribution in [1.29, 1.82) is 0 Å². The lowest BCUT2D eigenvalue weighted by molar-refractivity contribution is 0.392. The minimum absolute atomic E-state index is 0.562. The molecule has 1 fully saturated rings. The van der Waals surface area contributed by atoms with Crippen molar-refractivity contribution in [3.05, 3.63) is 48.0 Å². The quantitative estimate of drug-likeness (QED) is 0.791. The third kappa shape index (κ3) is 4.06. The highest BCUT2D eigenvalue weighted by molar-refractivity contribution is 5.61. The number of nitrogens with zero attached hydrogens (tertiary/aromatic N) is 1. The van der Waals surface area contributed by atoms with Crippen LogP contribution in [0.1, 0.15) is 18.4 Å². The lowest BCUT2D eigenvalue weighted by Gasteiger charge is -2.23. The molecule has 22 heavy (non-hydrogen) atoms. The maximum Gasteiger partial charge on any atom is 0.124 e. The van der Waals surface area contributed by atoms with Crippen molar-refractivity contribution in [2.75, 3.05) is 25.4 Å². The van der Waals surface area contributed by atoms with Gasteiger partial charge in [0, 0.05) is 18.2 Å². The first kappa shape index (κ1) is 15.0. The Bertz CT molecular complexity index is 588. The van der Waals surface area contributed by atoms with Crippen molar-refractivity contribution in [3.8, 4) is 11.3 Å². The van der Waals surface area contributed by atoms with Crippen LogP contribution in [0.4, 0.5) is 5.82 Å². The van der Waals surface area contributed by atoms with Crippen molar-refractivity contribution in [2.24, 2.45) is 0 Å². The third-order valence-corrected chi connectivity index (χ3v) is 4.16. The zero-order valence-corrected chi connectivity index (χ0v) is 12.9. The molecule has 0 radical (unpaired) electrons. The fourth-order valence-electron chi connectivity index (χ4n) is 2.90. The molecule has 0 spiro atoms. The molecule has 1 atom stereocenters. The highest BCUT2D eigenvalue weighted by atomic mass is 15.0. The molecule has 1 aromatic carbocycles. The van der Waals surface area contributed by atoms with E-state index in [1.165, 1.54) is 18.4 Å². The Balaban J connectivity index is 1.53. The number of nitrogens with two attached hydrogens (primary N) is 1. The molecule has 1 aromatic heterocycles. The topological polar surface area (TPSA) is 63.0 Å². The molecule has 1 aliphatic heterocycles. The number of hydrogen-bond donors (Lipinski definition) is 3. The van der Waals surface area contributed by atoms with E-state index >= 15 is 0 Å². The van der Waals surface area contributed by atoms with Crippen LogP contribution in [0.25, 0.3) is 11.3 Å². The third-order valence-electron chi connectivity index (χ3n) is 4.16. The summed E-state index contributed by atoms with van der Waals surface area (Å²) < 4.78 is 0. The second-order valence-corrected chi connectivity index (χ2v) is 5.89. The van der Waals surface area contributed by atoms with Crippen LogP contribution in [0.5, 0.6) is 0 Å². The number of nitrogen functional groups attached to an aromatic ring is 1. The number of anilines is 1. The standard InChI is InChI=1S/C18H24N4/c19-18-5-1-4-17(22-18)15-8-6-14(7-9-15)10-12-21-16-3-2-11-20-13-16/h1,4-9,16,20-21H,2-3,10-13H2,(H2,19,22). The van der Waals surface area contributed by atoms with Crippen LogP contribution < -0.4 is 16.4 Å². The highest BCUT2D eigenvalue weighted by Gasteiger charge is 2.11. The van der Waals surface area contributed by atoms with Crippen molar-refractivity contribution in [2.45, 2.75) is 25.3 Å². The molecule has 1 unspecified atom stereocenters. The second kappa shape index (κ2) is 7.38. The molecule has 4 N–H and O–H groups in total. The summed E-state index contributed by atoms with van der Waals surface area (Å²) >= 11 is 0. The summed E-state index contributed by atoms with van der Waals surface area (Å²) in [6.45, 7) is 3.29. The van der Waals surface area contributed by atoms with Gasteiger partial charge < -0.3 is 16.4 Å². The molecular weight excluding hydrogens is 272 g/mol. The van der Waals surface area contributed by atoms with E-state index in [4.69, 9.17) is 5.73 Å². The zero-order chi connectivity index (χ0) is 15.2. The zero-order valence-electron chi connectivity index (χ0n) is 12.9. The molecule has 0 aliphatic carbocycles. The molecule has 2 heterocycles. The molecule has 4 heteroatoms. The van der Waals surface area contributed by atoms with Gasteiger partial charge in [0.05, 0.1) is 5.69 Å². The van der Waals surface area contributed by atoms with Crippen molar-refractivity contribution >= 4 is 5.82 Å². The Labute approximate surface area is 132 Å². The SMILES string of the molecule is Nc1cccc(-c2ccc(CCNC3CCCNC3)cc2)n1. The number of nitrogens with one attached hydrogen (secondary N) is 2. The predicted octanol–water partition coefficient (Wildman–Crippen LogP) is 2.21. The molecule has 2 aromatic rings. The number of aromatic nitrogens is 1. The molecule has 3 rings (SSSR count). The van der Waals surface area contributed by atoms with E-state index in [1.54, 1.807) is 0 Å². The van der Waals surface area contributed by atoms with E-state index in [-0.39, 0.29) is 0 Å². The van der Waals surface area contributed by atoms with Crippen LogP contribution in [0.15, 0.2) is 42.5 Å². The van der Waals surface area contributed by atoms with E-state index in [0.717, 1.165) is 37.3 Å². The van der Waals surface area contributed by atoms with Gasteiger partial charge in [0.1, 0.15) is 5.82 Å². The summed E-state index contributed by atoms with van der Waals surface area (Å²) in [6, 6.07) is 15.0. The molecule has 0 bridgehead atoms. The first-order chi connectivity index (χ1) is 10.8. The fourth-order valence-corrected chi connectivity index (χ4v) is 2.90. The van der Waals surface area contributed by atoms with Crippen molar-refractivity contribution in [1.82, 2.24) is 15.6 Å². The fraction of sp³-hybridized carbons (Fsp3) is 0.389. The Morgan fingerprint density at radius 2 is 2.05 bits per heavy atom. The van der Waals surface area contributed by atoms with E-state index in [0.29, 0.717) is 11.9 Å². The van der Waals surface area contributed by atoms with Crippen LogP contribution in [0, 0.1) is 0 Å². The van der Waals surface area contributed by atoms with Crippen LogP contribution in [0.3, 0.4) is 0 Å². The summed E-state index contributed by atoms with van der Waals surface area (Å²) in [4.78, 5) is 4.35. The van der Waals surface area contributed by atoms with Gasteiger partial charge in [-0.25, -0.2) is 4.98 Å². The van der Waals surface area contributed by atoms with Gasteiger partial charge in [-0.2, -0.15) is 0 Å². The number of piperidine rings is 1. The summed E-state index contributed by atoms with van der Waals surface area (Å²) in [5.41, 5.74) is 9.13. The average molecular weight is 296 g/mol. The van der Waals surface area contributed by atoms with Gasteiger partial charge >= 0.3 is 0 Å². The number of benzene rings is 1. The van der Waals surface area contributed by atoms with E-state index in [2.05, 4.69) is 39.9 Å². The minimum atomic E-state index is 0.562. The summed E-state index contributed by atoms with van der Waals surface area (Å²) in [5, 5.41) is 7.07. The molecular formula is C18H24N4. The molecule has 116 valence electrons. The Morgan fingerprint density at radius 3 is 2.77 bits per heavy atom. The Kier molecular flexibility index (Phi) is 5.03. The highest BCUT2D eigenvalue weighted by Crippen LogP contribution is 2.18. The molecule has 1 saturated heterocycles. The van der Waals surface area contributed by atoms with Crippen LogP contribution in [-0.2, 0) is 6.42 Å². The summed E-state index contributed by atoms with van der Waals surface area (Å²) in [6.07, 6.45) is 3.62. The van der Waals surface area contributed by atoms with E-state index < -0.39 is 0 Å². The number of pyridine rings is 1. The normalized spacial score (nSPS) is 18.3. The molecule has 1 aliphatic rings. The monoisotopic (exact) mass is 296 g/mol. The maximum absolute atomic E-state index is 5.74. The van der Waals surface area contributed by atoms with Gasteiger partial charge in [-0.15, -0.1) is 0 Å². The molecule has 0 amide bonds. The van der Waals surface area contributed by atoms with Crippen LogP contribution >= 0.6 is 0 Å². The number of rotatable bonds is 5. The first-order valence-electron chi connectivity index (χ1n) is 8.07. The second-order valence-electron chi connectivity index (χ2n) is 5.89. The average Bonchev–Trinajstić information content (AvgIpc) is 2.56. The van der Waals surface area contributed by atoms with Crippen LogP contribution in [0.2, 0.25) is 0 Å². The first-order valence-corrected chi connectivity index (χ1v) is 8.07. The summed E-state index contributed by atoms with van der Waals surface area (Å²) in [7, 11) is 0. The van der Waals surface area contributed by atoms with Gasteiger partial charge in [0.15, 0.2) is 0 Å². The maximum atomic E-state index is 5.74. The number of hydrogen-bond acceptors (Lipinski definition) is 4. The lowest BCUT2D eigenvalue weighted by Crippen LogP contribution is -2.43. The van der Waals surface area contributed by atoms with Gasteiger partial charge in [-0.05, 0) is 50.0 Å². The van der Waals surface area contributed by atoms with E-state index in [9.17, 15) is 0 Å². The van der Waals surface area contributed by atoms with Crippen LogP contribution in [-0.4, -0.2) is 30.7 Å². The lowest BCUT2D eigenvalue weighted by atomic mass is 10.1. The van der Waals surface area contributed by atoms with Gasteiger partial charge in [0.25, 0.3) is 0 Å². The Morgan fingerprint density at radius 1 is 1.18 bits per heavy atom. The molecule has 0 saturated carbocycles. The van der Waals surface area contributed by atoms with Crippen molar-refractivity contribution < 1.29 is 0 Å². The minimum Gasteiger partial charge on any atom is -0.384 e. The van der Waals surface area contributed by atoms with Crippen molar-refractivity contribution in [3.63, 3.8) is 0 Å². The van der Waals surface area contributed by atoms with Gasteiger partial charge in [-0.1, -0.05) is 30.3 Å². The largest absolute Gasteiger partial charge is 0.384 e.